The third-order valence-corrected chi connectivity index (χ3v) is 3.88. The van der Waals surface area contributed by atoms with Gasteiger partial charge in [-0.15, -0.1) is 0 Å². The zero-order valence-corrected chi connectivity index (χ0v) is 13.1. The predicted molar refractivity (Wildman–Crippen MR) is 87.6 cm³/mol. The van der Waals surface area contributed by atoms with E-state index in [1.165, 1.54) is 0 Å². The predicted octanol–water partition coefficient (Wildman–Crippen LogP) is 3.02. The number of hydrogen-bond acceptors (Lipinski definition) is 2. The zero-order valence-electron chi connectivity index (χ0n) is 13.1. The van der Waals surface area contributed by atoms with Gasteiger partial charge in [0.1, 0.15) is 5.69 Å². The van der Waals surface area contributed by atoms with Gasteiger partial charge in [-0.1, -0.05) is 18.2 Å². The average Bonchev–Trinajstić information content (AvgIpc) is 2.90. The van der Waals surface area contributed by atoms with Crippen LogP contribution in [0.4, 0.5) is 0 Å². The molecule has 2 N–H and O–H groups in total. The van der Waals surface area contributed by atoms with Gasteiger partial charge in [-0.05, 0) is 52.4 Å². The molecule has 0 aliphatic heterocycles. The second kappa shape index (κ2) is 7.27. The molecule has 0 spiro atoms. The summed E-state index contributed by atoms with van der Waals surface area (Å²) < 4.78 is 0. The van der Waals surface area contributed by atoms with Crippen LogP contribution in [0.5, 0.6) is 0 Å². The summed E-state index contributed by atoms with van der Waals surface area (Å²) in [6.07, 6.45) is 2.10. The average molecular weight is 287 g/mol. The highest BCUT2D eigenvalue weighted by atomic mass is 16.1. The number of fused-ring (bicyclic) bond motifs is 1. The molecule has 2 aromatic rings. The summed E-state index contributed by atoms with van der Waals surface area (Å²) in [5.74, 6) is -0.0246. The molecule has 0 saturated carbocycles. The second-order valence-corrected chi connectivity index (χ2v) is 5.81. The summed E-state index contributed by atoms with van der Waals surface area (Å²) in [5, 5.41) is 4.04. The first-order chi connectivity index (χ1) is 10.1. The first-order valence-electron chi connectivity index (χ1n) is 7.64. The van der Waals surface area contributed by atoms with Gasteiger partial charge in [-0.25, -0.2) is 0 Å². The van der Waals surface area contributed by atoms with E-state index in [2.05, 4.69) is 36.1 Å². The van der Waals surface area contributed by atoms with Gasteiger partial charge in [0.25, 0.3) is 5.91 Å². The van der Waals surface area contributed by atoms with Gasteiger partial charge >= 0.3 is 0 Å². The van der Waals surface area contributed by atoms with Crippen LogP contribution in [0, 0.1) is 0 Å². The van der Waals surface area contributed by atoms with E-state index >= 15 is 0 Å². The smallest absolute Gasteiger partial charge is 0.267 e. The molecule has 1 heterocycles. The molecule has 4 heteroatoms. The molecule has 2 rings (SSSR count). The number of H-pyrrole nitrogens is 1. The number of para-hydroxylation sites is 1. The van der Waals surface area contributed by atoms with Crippen LogP contribution in [0.15, 0.2) is 30.3 Å². The third kappa shape index (κ3) is 4.33. The van der Waals surface area contributed by atoms with Crippen LogP contribution in [0.1, 0.15) is 37.2 Å². The van der Waals surface area contributed by atoms with Crippen molar-refractivity contribution < 1.29 is 4.79 Å². The van der Waals surface area contributed by atoms with Gasteiger partial charge < -0.3 is 15.2 Å². The Morgan fingerprint density at radius 1 is 1.29 bits per heavy atom. The highest BCUT2D eigenvalue weighted by Crippen LogP contribution is 2.14. The quantitative estimate of drug-likeness (QED) is 0.769. The molecule has 1 amide bonds. The molecule has 4 nitrogen and oxygen atoms in total. The van der Waals surface area contributed by atoms with Gasteiger partial charge in [0.05, 0.1) is 0 Å². The van der Waals surface area contributed by atoms with Crippen molar-refractivity contribution in [2.75, 3.05) is 20.1 Å². The van der Waals surface area contributed by atoms with Crippen LogP contribution in [0.2, 0.25) is 0 Å². The summed E-state index contributed by atoms with van der Waals surface area (Å²) in [7, 11) is 2.13. The van der Waals surface area contributed by atoms with Gasteiger partial charge in [-0.2, -0.15) is 0 Å². The fourth-order valence-corrected chi connectivity index (χ4v) is 2.24. The lowest BCUT2D eigenvalue weighted by atomic mass is 10.2. The molecule has 0 saturated heterocycles. The van der Waals surface area contributed by atoms with Gasteiger partial charge in [0, 0.05) is 23.5 Å². The van der Waals surface area contributed by atoms with Crippen LogP contribution in [0.3, 0.4) is 0 Å². The minimum absolute atomic E-state index is 0.0246. The Bertz CT molecular complexity index is 555. The molecule has 1 aromatic carbocycles. The van der Waals surface area contributed by atoms with Crippen LogP contribution in [-0.2, 0) is 0 Å². The molecule has 1 aromatic heterocycles. The first-order valence-corrected chi connectivity index (χ1v) is 7.64. The molecule has 0 atom stereocenters. The van der Waals surface area contributed by atoms with E-state index < -0.39 is 0 Å². The Balaban J connectivity index is 1.75. The van der Waals surface area contributed by atoms with E-state index in [1.54, 1.807) is 0 Å². The molecule has 0 unspecified atom stereocenters. The normalized spacial score (nSPS) is 11.5. The maximum absolute atomic E-state index is 12.1. The van der Waals surface area contributed by atoms with Crippen molar-refractivity contribution in [2.24, 2.45) is 0 Å². The highest BCUT2D eigenvalue weighted by molar-refractivity contribution is 5.97. The molecule has 0 bridgehead atoms. The minimum Gasteiger partial charge on any atom is -0.351 e. The third-order valence-electron chi connectivity index (χ3n) is 3.88. The number of carbonyl (C=O) groups is 1. The Hall–Kier alpha value is -1.81. The summed E-state index contributed by atoms with van der Waals surface area (Å²) in [6, 6.07) is 10.4. The Morgan fingerprint density at radius 3 is 2.76 bits per heavy atom. The molecule has 0 fully saturated rings. The maximum Gasteiger partial charge on any atom is 0.267 e. The number of aromatic nitrogens is 1. The molecule has 21 heavy (non-hydrogen) atoms. The molecule has 0 aliphatic rings. The van der Waals surface area contributed by atoms with Crippen molar-refractivity contribution in [3.8, 4) is 0 Å². The van der Waals surface area contributed by atoms with Gasteiger partial charge in [-0.3, -0.25) is 4.79 Å². The topological polar surface area (TPSA) is 48.1 Å². The van der Waals surface area contributed by atoms with E-state index in [9.17, 15) is 4.79 Å². The van der Waals surface area contributed by atoms with Gasteiger partial charge in [0.15, 0.2) is 0 Å². The number of aromatic amines is 1. The van der Waals surface area contributed by atoms with Crippen LogP contribution < -0.4 is 5.32 Å². The number of unbranched alkanes of at least 4 members (excludes halogenated alkanes) is 1. The molecular formula is C17H25N3O. The summed E-state index contributed by atoms with van der Waals surface area (Å²) >= 11 is 0. The van der Waals surface area contributed by atoms with Crippen molar-refractivity contribution >= 4 is 16.8 Å². The lowest BCUT2D eigenvalue weighted by Gasteiger charge is -2.20. The molecule has 114 valence electrons. The van der Waals surface area contributed by atoms with Crippen LogP contribution in [0.25, 0.3) is 10.9 Å². The van der Waals surface area contributed by atoms with Crippen molar-refractivity contribution in [2.45, 2.75) is 32.7 Å². The Labute approximate surface area is 126 Å². The molecular weight excluding hydrogens is 262 g/mol. The van der Waals surface area contributed by atoms with E-state index in [1.807, 2.05) is 30.3 Å². The van der Waals surface area contributed by atoms with Crippen molar-refractivity contribution in [1.82, 2.24) is 15.2 Å². The SMILES string of the molecule is CC(C)N(C)CCCCNC(=O)c1cc2ccccc2[nH]1. The lowest BCUT2D eigenvalue weighted by molar-refractivity contribution is 0.0948. The van der Waals surface area contributed by atoms with Crippen molar-refractivity contribution in [1.29, 1.82) is 0 Å². The summed E-state index contributed by atoms with van der Waals surface area (Å²) in [5.41, 5.74) is 1.64. The second-order valence-electron chi connectivity index (χ2n) is 5.81. The van der Waals surface area contributed by atoms with E-state index in [-0.39, 0.29) is 5.91 Å². The highest BCUT2D eigenvalue weighted by Gasteiger charge is 2.08. The van der Waals surface area contributed by atoms with Crippen LogP contribution >= 0.6 is 0 Å². The number of amides is 1. The minimum atomic E-state index is -0.0246. The van der Waals surface area contributed by atoms with E-state index in [4.69, 9.17) is 0 Å². The van der Waals surface area contributed by atoms with Gasteiger partial charge in [0.2, 0.25) is 0 Å². The molecule has 0 radical (unpaired) electrons. The summed E-state index contributed by atoms with van der Waals surface area (Å²) in [6.45, 7) is 6.18. The number of hydrogen-bond donors (Lipinski definition) is 2. The van der Waals surface area contributed by atoms with E-state index in [0.29, 0.717) is 11.7 Å². The van der Waals surface area contributed by atoms with Crippen molar-refractivity contribution in [3.63, 3.8) is 0 Å². The summed E-state index contributed by atoms with van der Waals surface area (Å²) in [4.78, 5) is 17.5. The lowest BCUT2D eigenvalue weighted by Crippen LogP contribution is -2.29. The monoisotopic (exact) mass is 287 g/mol. The standard InChI is InChI=1S/C17H25N3O/c1-13(2)20(3)11-7-6-10-18-17(21)16-12-14-8-4-5-9-15(14)19-16/h4-5,8-9,12-13,19H,6-7,10-11H2,1-3H3,(H,18,21). The number of nitrogens with one attached hydrogen (secondary N) is 2. The first kappa shape index (κ1) is 15.6. The number of rotatable bonds is 7. The number of carbonyl (C=O) groups excluding carboxylic acids is 1. The zero-order chi connectivity index (χ0) is 15.2. The Morgan fingerprint density at radius 2 is 2.05 bits per heavy atom. The number of nitrogens with zero attached hydrogens (tertiary/aromatic N) is 1. The largest absolute Gasteiger partial charge is 0.351 e. The maximum atomic E-state index is 12.1. The number of benzene rings is 1. The fourth-order valence-electron chi connectivity index (χ4n) is 2.24. The van der Waals surface area contributed by atoms with Crippen molar-refractivity contribution in [3.05, 3.63) is 36.0 Å². The molecule has 0 aliphatic carbocycles. The van der Waals surface area contributed by atoms with E-state index in [0.717, 1.165) is 36.8 Å². The Kier molecular flexibility index (Phi) is 5.39. The fraction of sp³-hybridized carbons (Fsp3) is 0.471. The van der Waals surface area contributed by atoms with Crippen LogP contribution in [-0.4, -0.2) is 42.0 Å².